The van der Waals surface area contributed by atoms with Gasteiger partial charge in [0.1, 0.15) is 5.69 Å². The summed E-state index contributed by atoms with van der Waals surface area (Å²) in [5.74, 6) is 0. The second-order valence-electron chi connectivity index (χ2n) is 7.59. The fraction of sp³-hybridized carbons (Fsp3) is 0.318. The van der Waals surface area contributed by atoms with Crippen LogP contribution in [0.25, 0.3) is 22.4 Å². The lowest BCUT2D eigenvalue weighted by atomic mass is 9.98. The molecule has 1 unspecified atom stereocenters. The molecule has 3 aromatic rings. The molecule has 1 saturated carbocycles. The molecule has 1 aromatic carbocycles. The van der Waals surface area contributed by atoms with Gasteiger partial charge in [-0.2, -0.15) is 5.10 Å². The maximum Gasteiger partial charge on any atom is 0.100 e. The van der Waals surface area contributed by atoms with Crippen LogP contribution in [0.3, 0.4) is 0 Å². The topological polar surface area (TPSA) is 83.5 Å². The number of benzene rings is 1. The zero-order chi connectivity index (χ0) is 19.1. The smallest absolute Gasteiger partial charge is 0.100 e. The Hall–Kier alpha value is -2.99. The van der Waals surface area contributed by atoms with Gasteiger partial charge in [0.15, 0.2) is 0 Å². The first-order valence-corrected chi connectivity index (χ1v) is 9.77. The zero-order valence-electron chi connectivity index (χ0n) is 15.5. The van der Waals surface area contributed by atoms with E-state index in [9.17, 15) is 10.3 Å². The summed E-state index contributed by atoms with van der Waals surface area (Å²) in [5.41, 5.74) is 7.01. The number of aromatic nitrogens is 3. The average Bonchev–Trinajstić information content (AvgIpc) is 3.45. The second kappa shape index (κ2) is 6.87. The highest BCUT2D eigenvalue weighted by Crippen LogP contribution is 2.37. The van der Waals surface area contributed by atoms with Gasteiger partial charge in [-0.3, -0.25) is 9.67 Å². The molecule has 1 fully saturated rings. The van der Waals surface area contributed by atoms with Crippen molar-refractivity contribution in [2.75, 3.05) is 0 Å². The van der Waals surface area contributed by atoms with Crippen LogP contribution in [0.2, 0.25) is 0 Å². The number of rotatable bonds is 3. The Balaban J connectivity index is 1.63. The molecule has 0 radical (unpaired) electrons. The number of hydrogen-bond acceptors (Lipinski definition) is 5. The van der Waals surface area contributed by atoms with Gasteiger partial charge in [-0.25, -0.2) is 0 Å². The van der Waals surface area contributed by atoms with Crippen LogP contribution < -0.4 is 0 Å². The van der Waals surface area contributed by atoms with Crippen LogP contribution in [0.15, 0.2) is 54.1 Å². The van der Waals surface area contributed by atoms with Gasteiger partial charge in [0.2, 0.25) is 0 Å². The maximum absolute atomic E-state index is 10.4. The number of pyridine rings is 1. The monoisotopic (exact) mass is 374 g/mol. The van der Waals surface area contributed by atoms with Crippen LogP contribution in [-0.4, -0.2) is 36.9 Å². The SMILES string of the molecule is ON=C1CCc2cc(-c3cn(C4CCC[C@@H]4O)nc3-c3ccncc3)ccc21. The maximum atomic E-state index is 10.4. The van der Waals surface area contributed by atoms with E-state index in [0.717, 1.165) is 65.8 Å². The number of oxime groups is 1. The molecule has 0 spiro atoms. The summed E-state index contributed by atoms with van der Waals surface area (Å²) in [6.45, 7) is 0. The van der Waals surface area contributed by atoms with Gasteiger partial charge in [0, 0.05) is 35.3 Å². The quantitative estimate of drug-likeness (QED) is 0.539. The normalized spacial score (nSPS) is 22.7. The summed E-state index contributed by atoms with van der Waals surface area (Å²) in [4.78, 5) is 4.12. The molecule has 2 aliphatic rings. The Labute approximate surface area is 163 Å². The van der Waals surface area contributed by atoms with Crippen LogP contribution in [0.1, 0.15) is 42.9 Å². The van der Waals surface area contributed by atoms with Gasteiger partial charge in [-0.15, -0.1) is 0 Å². The lowest BCUT2D eigenvalue weighted by molar-refractivity contribution is 0.130. The van der Waals surface area contributed by atoms with Gasteiger partial charge >= 0.3 is 0 Å². The van der Waals surface area contributed by atoms with Crippen molar-refractivity contribution in [2.45, 2.75) is 44.2 Å². The van der Waals surface area contributed by atoms with Gasteiger partial charge in [0.25, 0.3) is 0 Å². The number of fused-ring (bicyclic) bond motifs is 1. The van der Waals surface area contributed by atoms with E-state index >= 15 is 0 Å². The predicted molar refractivity (Wildman–Crippen MR) is 106 cm³/mol. The molecule has 0 amide bonds. The van der Waals surface area contributed by atoms with E-state index in [2.05, 4.69) is 28.5 Å². The van der Waals surface area contributed by atoms with Crippen molar-refractivity contribution in [1.29, 1.82) is 0 Å². The number of nitrogens with zero attached hydrogens (tertiary/aromatic N) is 4. The molecule has 142 valence electrons. The molecule has 0 saturated heterocycles. The summed E-state index contributed by atoms with van der Waals surface area (Å²) >= 11 is 0. The molecular weight excluding hydrogens is 352 g/mol. The molecule has 2 N–H and O–H groups in total. The molecule has 2 aromatic heterocycles. The fourth-order valence-corrected chi connectivity index (χ4v) is 4.47. The largest absolute Gasteiger partial charge is 0.411 e. The first-order chi connectivity index (χ1) is 13.7. The van der Waals surface area contributed by atoms with Gasteiger partial charge < -0.3 is 10.3 Å². The molecule has 28 heavy (non-hydrogen) atoms. The summed E-state index contributed by atoms with van der Waals surface area (Å²) in [6.07, 6.45) is 9.69. The minimum atomic E-state index is -0.346. The van der Waals surface area contributed by atoms with Crippen molar-refractivity contribution in [2.24, 2.45) is 5.16 Å². The molecular formula is C22H22N4O2. The van der Waals surface area contributed by atoms with Crippen LogP contribution in [0, 0.1) is 0 Å². The Kier molecular flexibility index (Phi) is 4.20. The number of aryl methyl sites for hydroxylation is 1. The number of aliphatic hydroxyl groups is 1. The van der Waals surface area contributed by atoms with Crippen LogP contribution in [0.5, 0.6) is 0 Å². The molecule has 2 atom stereocenters. The highest BCUT2D eigenvalue weighted by Gasteiger charge is 2.29. The highest BCUT2D eigenvalue weighted by atomic mass is 16.4. The molecule has 0 bridgehead atoms. The molecule has 2 heterocycles. The zero-order valence-corrected chi connectivity index (χ0v) is 15.5. The van der Waals surface area contributed by atoms with E-state index in [1.165, 1.54) is 5.56 Å². The minimum Gasteiger partial charge on any atom is -0.411 e. The molecule has 6 nitrogen and oxygen atoms in total. The average molecular weight is 374 g/mol. The van der Waals surface area contributed by atoms with Gasteiger partial charge in [-0.05, 0) is 55.4 Å². The molecule has 5 rings (SSSR count). The summed E-state index contributed by atoms with van der Waals surface area (Å²) < 4.78 is 1.94. The van der Waals surface area contributed by atoms with Gasteiger partial charge in [0.05, 0.1) is 17.9 Å². The third kappa shape index (κ3) is 2.81. The van der Waals surface area contributed by atoms with Crippen molar-refractivity contribution in [3.8, 4) is 22.4 Å². The Bertz CT molecular complexity index is 1040. The Morgan fingerprint density at radius 1 is 1.00 bits per heavy atom. The van der Waals surface area contributed by atoms with Crippen molar-refractivity contribution in [3.05, 3.63) is 60.0 Å². The van der Waals surface area contributed by atoms with E-state index in [0.29, 0.717) is 0 Å². The van der Waals surface area contributed by atoms with E-state index in [1.54, 1.807) is 12.4 Å². The first-order valence-electron chi connectivity index (χ1n) is 9.77. The summed E-state index contributed by atoms with van der Waals surface area (Å²) in [5, 5.41) is 27.9. The van der Waals surface area contributed by atoms with E-state index in [4.69, 9.17) is 5.10 Å². The summed E-state index contributed by atoms with van der Waals surface area (Å²) in [7, 11) is 0. The van der Waals surface area contributed by atoms with Crippen LogP contribution in [0.4, 0.5) is 0 Å². The fourth-order valence-electron chi connectivity index (χ4n) is 4.47. The predicted octanol–water partition coefficient (Wildman–Crippen LogP) is 3.82. The highest BCUT2D eigenvalue weighted by molar-refractivity contribution is 6.04. The molecule has 0 aliphatic heterocycles. The number of aliphatic hydroxyl groups excluding tert-OH is 1. The minimum absolute atomic E-state index is 0.0249. The van der Waals surface area contributed by atoms with Crippen molar-refractivity contribution < 1.29 is 10.3 Å². The van der Waals surface area contributed by atoms with Crippen molar-refractivity contribution in [1.82, 2.24) is 14.8 Å². The summed E-state index contributed by atoms with van der Waals surface area (Å²) in [6, 6.07) is 10.2. The molecule has 2 aliphatic carbocycles. The second-order valence-corrected chi connectivity index (χ2v) is 7.59. The standard InChI is InChI=1S/C22H22N4O2/c27-21-3-1-2-20(21)26-13-18(22(24-26)14-8-10-23-11-9-14)16-4-6-17-15(12-16)5-7-19(17)25-28/h4,6,8-13,20-21,27-28H,1-3,5,7H2/t20?,21-/m0/s1. The Morgan fingerprint density at radius 3 is 2.61 bits per heavy atom. The first kappa shape index (κ1) is 17.1. The lowest BCUT2D eigenvalue weighted by Crippen LogP contribution is -2.18. The third-order valence-electron chi connectivity index (χ3n) is 5.95. The third-order valence-corrected chi connectivity index (χ3v) is 5.95. The Morgan fingerprint density at radius 2 is 1.86 bits per heavy atom. The van der Waals surface area contributed by atoms with E-state index in [-0.39, 0.29) is 12.1 Å². The van der Waals surface area contributed by atoms with Crippen LogP contribution in [-0.2, 0) is 6.42 Å². The van der Waals surface area contributed by atoms with Crippen LogP contribution >= 0.6 is 0 Å². The van der Waals surface area contributed by atoms with Crippen molar-refractivity contribution in [3.63, 3.8) is 0 Å². The van der Waals surface area contributed by atoms with E-state index < -0.39 is 0 Å². The lowest BCUT2D eigenvalue weighted by Gasteiger charge is -2.14. The molecule has 6 heteroatoms. The van der Waals surface area contributed by atoms with E-state index in [1.807, 2.05) is 22.9 Å². The van der Waals surface area contributed by atoms with Crippen molar-refractivity contribution >= 4 is 5.71 Å². The number of hydrogen-bond donors (Lipinski definition) is 2. The van der Waals surface area contributed by atoms with Gasteiger partial charge in [-0.1, -0.05) is 23.4 Å².